The summed E-state index contributed by atoms with van der Waals surface area (Å²) >= 11 is 0. The molecule has 1 heterocycles. The Balaban J connectivity index is 1.70. The fraction of sp³-hybridized carbons (Fsp3) is 0.440. The molecule has 1 atom stereocenters. The van der Waals surface area contributed by atoms with Crippen molar-refractivity contribution >= 4 is 17.5 Å². The molecule has 0 aromatic heterocycles. The number of morpholine rings is 1. The van der Waals surface area contributed by atoms with Crippen LogP contribution in [0.15, 0.2) is 48.5 Å². The van der Waals surface area contributed by atoms with E-state index in [1.54, 1.807) is 29.2 Å². The molecule has 1 aliphatic heterocycles. The zero-order chi connectivity index (χ0) is 22.4. The number of benzene rings is 2. The van der Waals surface area contributed by atoms with E-state index < -0.39 is 6.10 Å². The van der Waals surface area contributed by atoms with Crippen LogP contribution in [0.3, 0.4) is 0 Å². The van der Waals surface area contributed by atoms with E-state index >= 15 is 0 Å². The number of carbonyl (C=O) groups excluding carboxylic acids is 2. The summed E-state index contributed by atoms with van der Waals surface area (Å²) in [5.41, 5.74) is 2.22. The van der Waals surface area contributed by atoms with Gasteiger partial charge >= 0.3 is 0 Å². The number of rotatable bonds is 6. The van der Waals surface area contributed by atoms with Crippen molar-refractivity contribution in [3.8, 4) is 5.75 Å². The Kier molecular flexibility index (Phi) is 7.33. The SMILES string of the molecule is CC[C@H](Oc1ccc(C(C)(C)C)cc1)C(=O)Nc1ccccc1C(=O)N1CCOCC1. The third-order valence-corrected chi connectivity index (χ3v) is 5.38. The molecule has 166 valence electrons. The first-order valence-corrected chi connectivity index (χ1v) is 10.8. The summed E-state index contributed by atoms with van der Waals surface area (Å²) < 4.78 is 11.3. The summed E-state index contributed by atoms with van der Waals surface area (Å²) in [4.78, 5) is 27.6. The van der Waals surface area contributed by atoms with Crippen LogP contribution < -0.4 is 10.1 Å². The van der Waals surface area contributed by atoms with Crippen molar-refractivity contribution in [3.05, 3.63) is 59.7 Å². The van der Waals surface area contributed by atoms with E-state index in [-0.39, 0.29) is 17.2 Å². The van der Waals surface area contributed by atoms with Crippen molar-refractivity contribution in [2.45, 2.75) is 45.6 Å². The first-order valence-electron chi connectivity index (χ1n) is 10.8. The van der Waals surface area contributed by atoms with Gasteiger partial charge in [0.2, 0.25) is 0 Å². The van der Waals surface area contributed by atoms with Crippen molar-refractivity contribution in [2.24, 2.45) is 0 Å². The molecule has 2 aromatic carbocycles. The molecule has 0 radical (unpaired) electrons. The Labute approximate surface area is 184 Å². The summed E-state index contributed by atoms with van der Waals surface area (Å²) in [6.45, 7) is 10.5. The van der Waals surface area contributed by atoms with Crippen LogP contribution in [0.2, 0.25) is 0 Å². The summed E-state index contributed by atoms with van der Waals surface area (Å²) in [7, 11) is 0. The lowest BCUT2D eigenvalue weighted by molar-refractivity contribution is -0.122. The van der Waals surface area contributed by atoms with Crippen LogP contribution in [0.25, 0.3) is 0 Å². The van der Waals surface area contributed by atoms with Crippen molar-refractivity contribution in [1.29, 1.82) is 0 Å². The lowest BCUT2D eigenvalue weighted by Crippen LogP contribution is -2.41. The highest BCUT2D eigenvalue weighted by Gasteiger charge is 2.24. The fourth-order valence-corrected chi connectivity index (χ4v) is 3.45. The van der Waals surface area contributed by atoms with Gasteiger partial charge in [0, 0.05) is 13.1 Å². The molecular weight excluding hydrogens is 392 g/mol. The average molecular weight is 425 g/mol. The van der Waals surface area contributed by atoms with Gasteiger partial charge in [-0.25, -0.2) is 0 Å². The summed E-state index contributed by atoms with van der Waals surface area (Å²) in [6, 6.07) is 14.9. The molecule has 0 unspecified atom stereocenters. The fourth-order valence-electron chi connectivity index (χ4n) is 3.45. The van der Waals surface area contributed by atoms with Gasteiger partial charge in [-0.05, 0) is 41.7 Å². The Morgan fingerprint density at radius 2 is 1.71 bits per heavy atom. The topological polar surface area (TPSA) is 67.9 Å². The molecule has 2 amide bonds. The molecular formula is C25H32N2O4. The number of nitrogens with zero attached hydrogens (tertiary/aromatic N) is 1. The molecule has 3 rings (SSSR count). The minimum atomic E-state index is -0.660. The Morgan fingerprint density at radius 3 is 2.32 bits per heavy atom. The Bertz CT molecular complexity index is 896. The van der Waals surface area contributed by atoms with Gasteiger partial charge in [-0.15, -0.1) is 0 Å². The second-order valence-corrected chi connectivity index (χ2v) is 8.73. The van der Waals surface area contributed by atoms with Crippen LogP contribution in [0.1, 0.15) is 50.0 Å². The summed E-state index contributed by atoms with van der Waals surface area (Å²) in [5, 5.41) is 2.89. The van der Waals surface area contributed by atoms with Crippen LogP contribution in [0.5, 0.6) is 5.75 Å². The third kappa shape index (κ3) is 5.85. The largest absolute Gasteiger partial charge is 0.481 e. The molecule has 31 heavy (non-hydrogen) atoms. The molecule has 0 aliphatic carbocycles. The number of anilines is 1. The minimum absolute atomic E-state index is 0.0524. The molecule has 6 nitrogen and oxygen atoms in total. The molecule has 0 bridgehead atoms. The molecule has 1 fully saturated rings. The number of ether oxygens (including phenoxy) is 2. The first-order chi connectivity index (χ1) is 14.8. The predicted molar refractivity (Wildman–Crippen MR) is 122 cm³/mol. The molecule has 0 saturated carbocycles. The molecule has 1 N–H and O–H groups in total. The standard InChI is InChI=1S/C25H32N2O4/c1-5-22(31-19-12-10-18(11-13-19)25(2,3)4)23(28)26-21-9-7-6-8-20(21)24(29)27-14-16-30-17-15-27/h6-13,22H,5,14-17H2,1-4H3,(H,26,28)/t22-/m0/s1. The summed E-state index contributed by atoms with van der Waals surface area (Å²) in [6.07, 6.45) is -0.154. The molecule has 0 spiro atoms. The summed E-state index contributed by atoms with van der Waals surface area (Å²) in [5.74, 6) is 0.267. The second-order valence-electron chi connectivity index (χ2n) is 8.73. The van der Waals surface area contributed by atoms with Crippen molar-refractivity contribution in [2.75, 3.05) is 31.6 Å². The van der Waals surface area contributed by atoms with Gasteiger partial charge in [-0.2, -0.15) is 0 Å². The van der Waals surface area contributed by atoms with Gasteiger partial charge in [-0.3, -0.25) is 9.59 Å². The van der Waals surface area contributed by atoms with E-state index in [0.717, 1.165) is 0 Å². The van der Waals surface area contributed by atoms with Crippen LogP contribution >= 0.6 is 0 Å². The van der Waals surface area contributed by atoms with Crippen LogP contribution in [0, 0.1) is 0 Å². The quantitative estimate of drug-likeness (QED) is 0.753. The molecule has 2 aromatic rings. The second kappa shape index (κ2) is 9.96. The molecule has 1 saturated heterocycles. The zero-order valence-electron chi connectivity index (χ0n) is 18.8. The highest BCUT2D eigenvalue weighted by atomic mass is 16.5. The Hall–Kier alpha value is -2.86. The highest BCUT2D eigenvalue weighted by Crippen LogP contribution is 2.25. The number of hydrogen-bond acceptors (Lipinski definition) is 4. The molecule has 6 heteroatoms. The Morgan fingerprint density at radius 1 is 1.06 bits per heavy atom. The lowest BCUT2D eigenvalue weighted by Gasteiger charge is -2.27. The smallest absolute Gasteiger partial charge is 0.265 e. The monoisotopic (exact) mass is 424 g/mol. The maximum atomic E-state index is 12.9. The van der Waals surface area contributed by atoms with Crippen LogP contribution in [0.4, 0.5) is 5.69 Å². The van der Waals surface area contributed by atoms with E-state index in [9.17, 15) is 9.59 Å². The molecule has 1 aliphatic rings. The lowest BCUT2D eigenvalue weighted by atomic mass is 9.87. The number of hydrogen-bond donors (Lipinski definition) is 1. The van der Waals surface area contributed by atoms with E-state index in [1.165, 1.54) is 5.56 Å². The van der Waals surface area contributed by atoms with Gasteiger partial charge in [0.25, 0.3) is 11.8 Å². The van der Waals surface area contributed by atoms with Crippen molar-refractivity contribution in [1.82, 2.24) is 4.90 Å². The van der Waals surface area contributed by atoms with Gasteiger partial charge in [0.05, 0.1) is 24.5 Å². The van der Waals surface area contributed by atoms with Crippen molar-refractivity contribution in [3.63, 3.8) is 0 Å². The maximum Gasteiger partial charge on any atom is 0.265 e. The first kappa shape index (κ1) is 22.8. The number of para-hydroxylation sites is 1. The number of nitrogens with one attached hydrogen (secondary N) is 1. The highest BCUT2D eigenvalue weighted by molar-refractivity contribution is 6.04. The van der Waals surface area contributed by atoms with Gasteiger partial charge in [-0.1, -0.05) is 52.0 Å². The zero-order valence-corrected chi connectivity index (χ0v) is 18.8. The van der Waals surface area contributed by atoms with Gasteiger partial charge in [0.1, 0.15) is 5.75 Å². The maximum absolute atomic E-state index is 12.9. The third-order valence-electron chi connectivity index (χ3n) is 5.38. The van der Waals surface area contributed by atoms with E-state index in [2.05, 4.69) is 26.1 Å². The van der Waals surface area contributed by atoms with E-state index in [0.29, 0.717) is 49.7 Å². The van der Waals surface area contributed by atoms with Crippen LogP contribution in [-0.2, 0) is 14.9 Å². The number of amides is 2. The minimum Gasteiger partial charge on any atom is -0.481 e. The predicted octanol–water partition coefficient (Wildman–Crippen LogP) is 4.25. The number of carbonyl (C=O) groups is 2. The van der Waals surface area contributed by atoms with E-state index in [4.69, 9.17) is 9.47 Å². The average Bonchev–Trinajstić information content (AvgIpc) is 2.77. The van der Waals surface area contributed by atoms with E-state index in [1.807, 2.05) is 31.2 Å². The van der Waals surface area contributed by atoms with Gasteiger partial charge in [0.15, 0.2) is 6.10 Å². The normalized spacial score (nSPS) is 15.3. The van der Waals surface area contributed by atoms with Crippen molar-refractivity contribution < 1.29 is 19.1 Å². The van der Waals surface area contributed by atoms with Crippen LogP contribution in [-0.4, -0.2) is 49.1 Å². The van der Waals surface area contributed by atoms with Gasteiger partial charge < -0.3 is 19.7 Å².